The highest BCUT2D eigenvalue weighted by Gasteiger charge is 2.17. The fraction of sp³-hybridized carbons (Fsp3) is 0.727. The van der Waals surface area contributed by atoms with Crippen molar-refractivity contribution in [3.8, 4) is 11.8 Å². The molecule has 0 radical (unpaired) electrons. The molecule has 0 aliphatic heterocycles. The van der Waals surface area contributed by atoms with Crippen LogP contribution in [-0.2, 0) is 4.79 Å². The third kappa shape index (κ3) is 4.29. The smallest absolute Gasteiger partial charge is 0.299 e. The van der Waals surface area contributed by atoms with Crippen molar-refractivity contribution in [3.63, 3.8) is 0 Å². The molecule has 0 aromatic heterocycles. The largest absolute Gasteiger partial charge is 0.381 e. The first-order valence-electron chi connectivity index (χ1n) is 4.88. The number of hydrogen-bond acceptors (Lipinski definition) is 2. The zero-order valence-corrected chi connectivity index (χ0v) is 9.53. The van der Waals surface area contributed by atoms with E-state index in [1.165, 1.54) is 6.92 Å². The zero-order chi connectivity index (χ0) is 11.3. The Morgan fingerprint density at radius 3 is 1.86 bits per heavy atom. The number of aliphatic hydroxyl groups is 1. The van der Waals surface area contributed by atoms with Crippen LogP contribution in [0.25, 0.3) is 0 Å². The van der Waals surface area contributed by atoms with Gasteiger partial charge in [0, 0.05) is 12.1 Å². The summed E-state index contributed by atoms with van der Waals surface area (Å²) in [4.78, 5) is 13.3. The molecule has 0 aromatic carbocycles. The molecule has 0 saturated heterocycles. The monoisotopic (exact) mass is 197 g/mol. The van der Waals surface area contributed by atoms with Crippen LogP contribution in [0.5, 0.6) is 0 Å². The molecule has 3 nitrogen and oxygen atoms in total. The maximum atomic E-state index is 11.6. The first-order valence-corrected chi connectivity index (χ1v) is 4.88. The van der Waals surface area contributed by atoms with Crippen LogP contribution in [0.15, 0.2) is 0 Å². The number of hydrogen-bond donors (Lipinski definition) is 1. The van der Waals surface area contributed by atoms with E-state index < -0.39 is 6.10 Å². The molecule has 0 aliphatic carbocycles. The number of rotatable bonds is 2. The number of amides is 1. The highest BCUT2D eigenvalue weighted by atomic mass is 16.3. The molecule has 80 valence electrons. The lowest BCUT2D eigenvalue weighted by atomic mass is 10.2. The molecule has 0 heterocycles. The first kappa shape index (κ1) is 13.0. The molecule has 1 amide bonds. The Hall–Kier alpha value is -1.01. The minimum absolute atomic E-state index is 0.130. The second-order valence-corrected chi connectivity index (χ2v) is 3.85. The summed E-state index contributed by atoms with van der Waals surface area (Å²) in [6, 6.07) is 0.261. The van der Waals surface area contributed by atoms with Crippen molar-refractivity contribution in [2.75, 3.05) is 0 Å². The van der Waals surface area contributed by atoms with Gasteiger partial charge in [-0.25, -0.2) is 0 Å². The molecule has 3 heteroatoms. The Labute approximate surface area is 86.1 Å². The highest BCUT2D eigenvalue weighted by molar-refractivity contribution is 5.94. The number of nitrogens with zero attached hydrogens (tertiary/aromatic N) is 1. The Morgan fingerprint density at radius 1 is 1.14 bits per heavy atom. The van der Waals surface area contributed by atoms with Crippen molar-refractivity contribution in [2.45, 2.75) is 52.8 Å². The van der Waals surface area contributed by atoms with E-state index in [9.17, 15) is 4.79 Å². The van der Waals surface area contributed by atoms with E-state index in [-0.39, 0.29) is 18.0 Å². The summed E-state index contributed by atoms with van der Waals surface area (Å²) < 4.78 is 0. The van der Waals surface area contributed by atoms with Crippen LogP contribution in [0.3, 0.4) is 0 Å². The van der Waals surface area contributed by atoms with Crippen molar-refractivity contribution in [3.05, 3.63) is 0 Å². The Balaban J connectivity index is 4.56. The van der Waals surface area contributed by atoms with Crippen molar-refractivity contribution in [1.82, 2.24) is 4.90 Å². The summed E-state index contributed by atoms with van der Waals surface area (Å²) in [5.41, 5.74) is 0. The topological polar surface area (TPSA) is 40.5 Å². The van der Waals surface area contributed by atoms with E-state index in [0.717, 1.165) is 0 Å². The quantitative estimate of drug-likeness (QED) is 0.671. The second-order valence-electron chi connectivity index (χ2n) is 3.85. The molecule has 0 unspecified atom stereocenters. The number of carbonyl (C=O) groups is 1. The van der Waals surface area contributed by atoms with Crippen LogP contribution in [-0.4, -0.2) is 34.1 Å². The van der Waals surface area contributed by atoms with Crippen molar-refractivity contribution in [1.29, 1.82) is 0 Å². The number of carbonyl (C=O) groups excluding carboxylic acids is 1. The van der Waals surface area contributed by atoms with Gasteiger partial charge in [0.15, 0.2) is 0 Å². The summed E-state index contributed by atoms with van der Waals surface area (Å²) in [7, 11) is 0. The van der Waals surface area contributed by atoms with Crippen LogP contribution >= 0.6 is 0 Å². The molecule has 0 bridgehead atoms. The van der Waals surface area contributed by atoms with Gasteiger partial charge in [0.25, 0.3) is 5.91 Å². The van der Waals surface area contributed by atoms with Gasteiger partial charge in [-0.3, -0.25) is 4.79 Å². The SMILES string of the molecule is CC(C)N(C(=O)C#C[C@@H](C)O)C(C)C. The van der Waals surface area contributed by atoms with Crippen LogP contribution < -0.4 is 0 Å². The summed E-state index contributed by atoms with van der Waals surface area (Å²) in [5.74, 6) is 4.66. The van der Waals surface area contributed by atoms with Crippen LogP contribution in [0, 0.1) is 11.8 Å². The molecule has 14 heavy (non-hydrogen) atoms. The lowest BCUT2D eigenvalue weighted by Crippen LogP contribution is -2.41. The van der Waals surface area contributed by atoms with E-state index in [2.05, 4.69) is 11.8 Å². The van der Waals surface area contributed by atoms with Crippen LogP contribution in [0.2, 0.25) is 0 Å². The molecule has 1 N–H and O–H groups in total. The molecule has 1 atom stereocenters. The van der Waals surface area contributed by atoms with Crippen molar-refractivity contribution in [2.24, 2.45) is 0 Å². The molecular formula is C11H19NO2. The van der Waals surface area contributed by atoms with Gasteiger partial charge in [0.1, 0.15) is 6.10 Å². The summed E-state index contributed by atoms with van der Waals surface area (Å²) in [6.07, 6.45) is -0.750. The maximum Gasteiger partial charge on any atom is 0.299 e. The molecule has 0 aromatic rings. The van der Waals surface area contributed by atoms with E-state index in [0.29, 0.717) is 0 Å². The van der Waals surface area contributed by atoms with E-state index in [4.69, 9.17) is 5.11 Å². The van der Waals surface area contributed by atoms with Gasteiger partial charge in [-0.15, -0.1) is 0 Å². The van der Waals surface area contributed by atoms with E-state index in [1.54, 1.807) is 4.90 Å². The second kappa shape index (κ2) is 5.66. The fourth-order valence-electron chi connectivity index (χ4n) is 1.30. The third-order valence-corrected chi connectivity index (χ3v) is 1.74. The number of aliphatic hydroxyl groups excluding tert-OH is 1. The summed E-state index contributed by atoms with van der Waals surface area (Å²) in [6.45, 7) is 9.32. The van der Waals surface area contributed by atoms with Gasteiger partial charge >= 0.3 is 0 Å². The van der Waals surface area contributed by atoms with Crippen LogP contribution in [0.1, 0.15) is 34.6 Å². The van der Waals surface area contributed by atoms with Gasteiger partial charge < -0.3 is 10.0 Å². The molecule has 0 aliphatic rings. The van der Waals surface area contributed by atoms with Gasteiger partial charge in [0.2, 0.25) is 0 Å². The summed E-state index contributed by atoms with van der Waals surface area (Å²) >= 11 is 0. The van der Waals surface area contributed by atoms with Gasteiger partial charge in [-0.1, -0.05) is 5.92 Å². The molecule has 0 rings (SSSR count). The third-order valence-electron chi connectivity index (χ3n) is 1.74. The highest BCUT2D eigenvalue weighted by Crippen LogP contribution is 2.04. The molecule has 0 fully saturated rings. The molecule has 0 saturated carbocycles. The zero-order valence-electron chi connectivity index (χ0n) is 9.53. The Morgan fingerprint density at radius 2 is 1.57 bits per heavy atom. The minimum atomic E-state index is -0.750. The average Bonchev–Trinajstić information content (AvgIpc) is 1.99. The van der Waals surface area contributed by atoms with Crippen molar-refractivity contribution >= 4 is 5.91 Å². The predicted molar refractivity (Wildman–Crippen MR) is 56.6 cm³/mol. The fourth-order valence-corrected chi connectivity index (χ4v) is 1.30. The Bertz CT molecular complexity index is 238. The van der Waals surface area contributed by atoms with E-state index in [1.807, 2.05) is 27.7 Å². The van der Waals surface area contributed by atoms with Crippen LogP contribution in [0.4, 0.5) is 0 Å². The molecule has 0 spiro atoms. The Kier molecular flexibility index (Phi) is 5.26. The lowest BCUT2D eigenvalue weighted by Gasteiger charge is -2.28. The standard InChI is InChI=1S/C11H19NO2/c1-8(2)12(9(3)4)11(14)7-6-10(5)13/h8-10,13H,1-5H3/t10-/m1/s1. The minimum Gasteiger partial charge on any atom is -0.381 e. The normalized spacial score (nSPS) is 12.3. The molecular weight excluding hydrogens is 178 g/mol. The first-order chi connectivity index (χ1) is 6.36. The van der Waals surface area contributed by atoms with Gasteiger partial charge in [-0.05, 0) is 40.5 Å². The summed E-state index contributed by atoms with van der Waals surface area (Å²) in [5, 5.41) is 8.92. The van der Waals surface area contributed by atoms with Crippen molar-refractivity contribution < 1.29 is 9.90 Å². The van der Waals surface area contributed by atoms with Gasteiger partial charge in [-0.2, -0.15) is 0 Å². The predicted octanol–water partition coefficient (Wildman–Crippen LogP) is 1.02. The van der Waals surface area contributed by atoms with Gasteiger partial charge in [0.05, 0.1) is 0 Å². The maximum absolute atomic E-state index is 11.6. The lowest BCUT2D eigenvalue weighted by molar-refractivity contribution is -0.128. The van der Waals surface area contributed by atoms with E-state index >= 15 is 0 Å². The average molecular weight is 197 g/mol.